The second-order valence-electron chi connectivity index (χ2n) is 6.62. The maximum absolute atomic E-state index is 13.0. The van der Waals surface area contributed by atoms with Crippen molar-refractivity contribution in [2.24, 2.45) is 0 Å². The lowest BCUT2D eigenvalue weighted by molar-refractivity contribution is 0.0780. The monoisotopic (exact) mass is 382 g/mol. The first-order chi connectivity index (χ1) is 13.5. The minimum atomic E-state index is -0.112. The van der Waals surface area contributed by atoms with E-state index in [9.17, 15) is 4.79 Å². The largest absolute Gasteiger partial charge is 0.496 e. The molecule has 0 atom stereocenters. The Bertz CT molecular complexity index is 976. The Kier molecular flexibility index (Phi) is 5.78. The number of benzene rings is 2. The van der Waals surface area contributed by atoms with Crippen molar-refractivity contribution in [3.63, 3.8) is 0 Å². The molecule has 0 aliphatic heterocycles. The molecule has 0 aliphatic carbocycles. The smallest absolute Gasteiger partial charge is 0.270 e. The fourth-order valence-corrected chi connectivity index (χ4v) is 3.28. The molecule has 2 aromatic carbocycles. The Balaban J connectivity index is 1.92. The van der Waals surface area contributed by atoms with E-state index in [4.69, 9.17) is 14.2 Å². The van der Waals surface area contributed by atoms with Crippen molar-refractivity contribution >= 4 is 16.8 Å². The standard InChI is InChI=1S/C22H26N2O4/c1-6-14-7-9-15(10-8-14)13-24(2)22(25)17-11-16-18(26-3)12-19(27-4)21(28-5)20(16)23-17/h7-12,23H,6,13H2,1-5H3. The van der Waals surface area contributed by atoms with Crippen LogP contribution in [0.1, 0.15) is 28.5 Å². The molecule has 1 N–H and O–H groups in total. The molecule has 1 heterocycles. The van der Waals surface area contributed by atoms with E-state index in [2.05, 4.69) is 36.2 Å². The highest BCUT2D eigenvalue weighted by atomic mass is 16.5. The van der Waals surface area contributed by atoms with Gasteiger partial charge in [0, 0.05) is 25.0 Å². The van der Waals surface area contributed by atoms with Crippen LogP contribution in [0.4, 0.5) is 0 Å². The SMILES string of the molecule is CCc1ccc(CN(C)C(=O)c2cc3c(OC)cc(OC)c(OC)c3[nH]2)cc1. The number of aromatic amines is 1. The lowest BCUT2D eigenvalue weighted by Gasteiger charge is -2.16. The van der Waals surface area contributed by atoms with Gasteiger partial charge in [0.05, 0.1) is 26.8 Å². The maximum Gasteiger partial charge on any atom is 0.270 e. The lowest BCUT2D eigenvalue weighted by atomic mass is 10.1. The molecule has 0 spiro atoms. The molecule has 0 bridgehead atoms. The van der Waals surface area contributed by atoms with E-state index >= 15 is 0 Å². The van der Waals surface area contributed by atoms with E-state index in [-0.39, 0.29) is 5.91 Å². The fourth-order valence-electron chi connectivity index (χ4n) is 3.28. The number of aromatic nitrogens is 1. The number of nitrogens with zero attached hydrogens (tertiary/aromatic N) is 1. The Labute approximate surface area is 165 Å². The molecule has 6 nitrogen and oxygen atoms in total. The highest BCUT2D eigenvalue weighted by molar-refractivity contribution is 6.02. The van der Waals surface area contributed by atoms with Crippen molar-refractivity contribution in [1.82, 2.24) is 9.88 Å². The van der Waals surface area contributed by atoms with Gasteiger partial charge in [-0.05, 0) is 23.6 Å². The number of hydrogen-bond acceptors (Lipinski definition) is 4. The number of nitrogens with one attached hydrogen (secondary N) is 1. The molecule has 3 rings (SSSR count). The van der Waals surface area contributed by atoms with Gasteiger partial charge in [0.2, 0.25) is 0 Å². The molecule has 3 aromatic rings. The second-order valence-corrected chi connectivity index (χ2v) is 6.62. The summed E-state index contributed by atoms with van der Waals surface area (Å²) in [5.74, 6) is 1.58. The number of rotatable bonds is 7. The number of carbonyl (C=O) groups excluding carboxylic acids is 1. The van der Waals surface area contributed by atoms with Crippen LogP contribution < -0.4 is 14.2 Å². The third kappa shape index (κ3) is 3.63. The summed E-state index contributed by atoms with van der Waals surface area (Å²) in [5.41, 5.74) is 3.50. The van der Waals surface area contributed by atoms with Crippen molar-refractivity contribution in [3.05, 3.63) is 53.2 Å². The van der Waals surface area contributed by atoms with Crippen LogP contribution in [-0.4, -0.2) is 44.2 Å². The van der Waals surface area contributed by atoms with Crippen molar-refractivity contribution in [2.75, 3.05) is 28.4 Å². The van der Waals surface area contributed by atoms with Crippen LogP contribution in [0.3, 0.4) is 0 Å². The van der Waals surface area contributed by atoms with Crippen molar-refractivity contribution in [1.29, 1.82) is 0 Å². The number of carbonyl (C=O) groups is 1. The number of H-pyrrole nitrogens is 1. The Morgan fingerprint density at radius 2 is 1.61 bits per heavy atom. The van der Waals surface area contributed by atoms with E-state index in [0.29, 0.717) is 35.0 Å². The second kappa shape index (κ2) is 8.25. The van der Waals surface area contributed by atoms with Gasteiger partial charge in [0.15, 0.2) is 11.5 Å². The van der Waals surface area contributed by atoms with Gasteiger partial charge >= 0.3 is 0 Å². The first-order valence-corrected chi connectivity index (χ1v) is 9.17. The number of amides is 1. The van der Waals surface area contributed by atoms with Crippen LogP contribution in [0.25, 0.3) is 10.9 Å². The van der Waals surface area contributed by atoms with Gasteiger partial charge in [0.25, 0.3) is 5.91 Å². The molecular formula is C22H26N2O4. The van der Waals surface area contributed by atoms with Crippen LogP contribution in [-0.2, 0) is 13.0 Å². The zero-order chi connectivity index (χ0) is 20.3. The summed E-state index contributed by atoms with van der Waals surface area (Å²) < 4.78 is 16.3. The van der Waals surface area contributed by atoms with E-state index in [1.54, 1.807) is 45.4 Å². The fraction of sp³-hybridized carbons (Fsp3) is 0.318. The average molecular weight is 382 g/mol. The summed E-state index contributed by atoms with van der Waals surface area (Å²) in [6.07, 6.45) is 0.997. The Morgan fingerprint density at radius 1 is 0.964 bits per heavy atom. The molecule has 1 aromatic heterocycles. The quantitative estimate of drug-likeness (QED) is 0.670. The topological polar surface area (TPSA) is 63.8 Å². The zero-order valence-electron chi connectivity index (χ0n) is 17.0. The molecule has 0 unspecified atom stereocenters. The number of ether oxygens (including phenoxy) is 3. The van der Waals surface area contributed by atoms with Crippen LogP contribution in [0.5, 0.6) is 17.2 Å². The number of methoxy groups -OCH3 is 3. The number of aryl methyl sites for hydroxylation is 1. The summed E-state index contributed by atoms with van der Waals surface area (Å²) in [6.45, 7) is 2.65. The molecule has 0 saturated carbocycles. The Hall–Kier alpha value is -3.15. The van der Waals surface area contributed by atoms with Gasteiger partial charge in [-0.1, -0.05) is 31.2 Å². The molecule has 0 saturated heterocycles. The third-order valence-electron chi connectivity index (χ3n) is 4.87. The minimum absolute atomic E-state index is 0.112. The average Bonchev–Trinajstić information content (AvgIpc) is 3.17. The summed E-state index contributed by atoms with van der Waals surface area (Å²) in [4.78, 5) is 17.8. The summed E-state index contributed by atoms with van der Waals surface area (Å²) in [5, 5.41) is 0.768. The third-order valence-corrected chi connectivity index (χ3v) is 4.87. The van der Waals surface area contributed by atoms with Crippen LogP contribution in [0.2, 0.25) is 0 Å². The van der Waals surface area contributed by atoms with Gasteiger partial charge in [0.1, 0.15) is 11.4 Å². The number of fused-ring (bicyclic) bond motifs is 1. The predicted octanol–water partition coefficient (Wildman–Crippen LogP) is 4.03. The first-order valence-electron chi connectivity index (χ1n) is 9.17. The molecule has 148 valence electrons. The zero-order valence-corrected chi connectivity index (χ0v) is 17.0. The van der Waals surface area contributed by atoms with Crippen LogP contribution in [0, 0.1) is 0 Å². The van der Waals surface area contributed by atoms with Gasteiger partial charge < -0.3 is 24.1 Å². The summed E-state index contributed by atoms with van der Waals surface area (Å²) >= 11 is 0. The number of hydrogen-bond donors (Lipinski definition) is 1. The van der Waals surface area contributed by atoms with Crippen LogP contribution in [0.15, 0.2) is 36.4 Å². The minimum Gasteiger partial charge on any atom is -0.496 e. The van der Waals surface area contributed by atoms with E-state index in [1.807, 2.05) is 0 Å². The van der Waals surface area contributed by atoms with Gasteiger partial charge in [-0.15, -0.1) is 0 Å². The molecule has 1 amide bonds. The highest BCUT2D eigenvalue weighted by Crippen LogP contribution is 2.41. The normalized spacial score (nSPS) is 10.8. The lowest BCUT2D eigenvalue weighted by Crippen LogP contribution is -2.26. The first kappa shape index (κ1) is 19.6. The summed E-state index contributed by atoms with van der Waals surface area (Å²) in [6, 6.07) is 11.9. The van der Waals surface area contributed by atoms with Gasteiger partial charge in [-0.2, -0.15) is 0 Å². The van der Waals surface area contributed by atoms with Gasteiger partial charge in [-0.3, -0.25) is 4.79 Å². The molecule has 0 aliphatic rings. The molecular weight excluding hydrogens is 356 g/mol. The van der Waals surface area contributed by atoms with Crippen molar-refractivity contribution in [3.8, 4) is 17.2 Å². The summed E-state index contributed by atoms with van der Waals surface area (Å²) in [7, 11) is 6.51. The Morgan fingerprint density at radius 3 is 2.18 bits per heavy atom. The van der Waals surface area contributed by atoms with Crippen molar-refractivity contribution in [2.45, 2.75) is 19.9 Å². The molecule has 28 heavy (non-hydrogen) atoms. The van der Waals surface area contributed by atoms with E-state index in [1.165, 1.54) is 5.56 Å². The molecule has 6 heteroatoms. The molecule has 0 radical (unpaired) electrons. The maximum atomic E-state index is 13.0. The van der Waals surface area contributed by atoms with Crippen molar-refractivity contribution < 1.29 is 19.0 Å². The van der Waals surface area contributed by atoms with Crippen LogP contribution >= 0.6 is 0 Å². The van der Waals surface area contributed by atoms with E-state index in [0.717, 1.165) is 17.4 Å². The molecule has 0 fully saturated rings. The van der Waals surface area contributed by atoms with Gasteiger partial charge in [-0.25, -0.2) is 0 Å². The van der Waals surface area contributed by atoms with E-state index < -0.39 is 0 Å². The predicted molar refractivity (Wildman–Crippen MR) is 110 cm³/mol. The highest BCUT2D eigenvalue weighted by Gasteiger charge is 2.21.